The topological polar surface area (TPSA) is 44.5 Å². The molecule has 2 N–H and O–H groups in total. The lowest BCUT2D eigenvalue weighted by Crippen LogP contribution is -2.06. The zero-order chi connectivity index (χ0) is 15.2. The van der Waals surface area contributed by atoms with Crippen LogP contribution in [-0.2, 0) is 0 Å². The van der Waals surface area contributed by atoms with Crippen molar-refractivity contribution in [3.05, 3.63) is 53.1 Å². The minimum atomic E-state index is 0.634. The zero-order valence-corrected chi connectivity index (χ0v) is 13.0. The van der Waals surface area contributed by atoms with Gasteiger partial charge in [-0.15, -0.1) is 0 Å². The third kappa shape index (κ3) is 4.71. The summed E-state index contributed by atoms with van der Waals surface area (Å²) < 4.78 is 11.5. The van der Waals surface area contributed by atoms with E-state index in [1.54, 1.807) is 0 Å². The summed E-state index contributed by atoms with van der Waals surface area (Å²) in [6.07, 6.45) is 0.844. The number of hydrogen-bond donors (Lipinski definition) is 1. The van der Waals surface area contributed by atoms with E-state index in [0.29, 0.717) is 13.2 Å². The first kappa shape index (κ1) is 15.2. The SMILES string of the molecule is Cc1cc(C)cc(OCCCOc2ccc(N)cc2C)c1. The van der Waals surface area contributed by atoms with Gasteiger partial charge in [-0.25, -0.2) is 0 Å². The number of rotatable bonds is 6. The Hall–Kier alpha value is -2.16. The molecule has 0 atom stereocenters. The van der Waals surface area contributed by atoms with Crippen LogP contribution < -0.4 is 15.2 Å². The van der Waals surface area contributed by atoms with E-state index >= 15 is 0 Å². The highest BCUT2D eigenvalue weighted by Crippen LogP contribution is 2.20. The highest BCUT2D eigenvalue weighted by atomic mass is 16.5. The Labute approximate surface area is 126 Å². The molecule has 0 aliphatic heterocycles. The molecule has 0 spiro atoms. The second kappa shape index (κ2) is 7.02. The minimum absolute atomic E-state index is 0.634. The molecule has 0 amide bonds. The van der Waals surface area contributed by atoms with E-state index < -0.39 is 0 Å². The van der Waals surface area contributed by atoms with Crippen molar-refractivity contribution in [3.63, 3.8) is 0 Å². The van der Waals surface area contributed by atoms with Crippen LogP contribution in [0.15, 0.2) is 36.4 Å². The van der Waals surface area contributed by atoms with E-state index in [1.165, 1.54) is 11.1 Å². The number of hydrogen-bond acceptors (Lipinski definition) is 3. The van der Waals surface area contributed by atoms with Crippen LogP contribution in [0.25, 0.3) is 0 Å². The van der Waals surface area contributed by atoms with Crippen LogP contribution in [0.4, 0.5) is 5.69 Å². The van der Waals surface area contributed by atoms with Gasteiger partial charge < -0.3 is 15.2 Å². The molecule has 2 aromatic carbocycles. The Balaban J connectivity index is 1.75. The molecule has 0 saturated heterocycles. The van der Waals surface area contributed by atoms with Crippen LogP contribution in [0.5, 0.6) is 11.5 Å². The highest BCUT2D eigenvalue weighted by Gasteiger charge is 2.00. The van der Waals surface area contributed by atoms with E-state index in [-0.39, 0.29) is 0 Å². The first-order chi connectivity index (χ1) is 10.0. The molecule has 21 heavy (non-hydrogen) atoms. The Morgan fingerprint density at radius 1 is 0.857 bits per heavy atom. The number of nitrogen functional groups attached to an aromatic ring is 1. The van der Waals surface area contributed by atoms with Gasteiger partial charge in [-0.05, 0) is 67.8 Å². The Kier molecular flexibility index (Phi) is 5.09. The third-order valence-electron chi connectivity index (χ3n) is 3.21. The molecule has 2 aromatic rings. The fourth-order valence-electron chi connectivity index (χ4n) is 2.28. The molecule has 0 aliphatic rings. The van der Waals surface area contributed by atoms with Crippen LogP contribution in [0, 0.1) is 20.8 Å². The van der Waals surface area contributed by atoms with Crippen LogP contribution in [-0.4, -0.2) is 13.2 Å². The van der Waals surface area contributed by atoms with Crippen molar-refractivity contribution in [3.8, 4) is 11.5 Å². The quantitative estimate of drug-likeness (QED) is 0.643. The van der Waals surface area contributed by atoms with E-state index in [2.05, 4.69) is 32.0 Å². The van der Waals surface area contributed by atoms with Crippen LogP contribution in [0.3, 0.4) is 0 Å². The summed E-state index contributed by atoms with van der Waals surface area (Å²) in [6.45, 7) is 7.43. The fraction of sp³-hybridized carbons (Fsp3) is 0.333. The standard InChI is InChI=1S/C18H23NO2/c1-13-9-14(2)11-17(10-13)20-7-4-8-21-18-6-5-16(19)12-15(18)3/h5-6,9-12H,4,7-8,19H2,1-3H3. The molecule has 112 valence electrons. The number of nitrogens with two attached hydrogens (primary N) is 1. The normalized spacial score (nSPS) is 10.4. The maximum atomic E-state index is 5.75. The van der Waals surface area contributed by atoms with Crippen molar-refractivity contribution in [1.82, 2.24) is 0 Å². The van der Waals surface area contributed by atoms with Crippen molar-refractivity contribution in [2.75, 3.05) is 18.9 Å². The minimum Gasteiger partial charge on any atom is -0.493 e. The molecule has 0 radical (unpaired) electrons. The predicted molar refractivity (Wildman–Crippen MR) is 87.1 cm³/mol. The van der Waals surface area contributed by atoms with E-state index in [4.69, 9.17) is 15.2 Å². The molecule has 0 aliphatic carbocycles. The lowest BCUT2D eigenvalue weighted by atomic mass is 10.1. The maximum Gasteiger partial charge on any atom is 0.122 e. The second-order valence-electron chi connectivity index (χ2n) is 5.40. The van der Waals surface area contributed by atoms with Gasteiger partial charge in [0.2, 0.25) is 0 Å². The van der Waals surface area contributed by atoms with Crippen molar-refractivity contribution >= 4 is 5.69 Å². The number of benzene rings is 2. The monoisotopic (exact) mass is 285 g/mol. The van der Waals surface area contributed by atoms with Crippen molar-refractivity contribution in [2.45, 2.75) is 27.2 Å². The third-order valence-corrected chi connectivity index (χ3v) is 3.21. The lowest BCUT2D eigenvalue weighted by Gasteiger charge is -2.11. The molecule has 3 nitrogen and oxygen atoms in total. The summed E-state index contributed by atoms with van der Waals surface area (Å²) in [5, 5.41) is 0. The molecule has 0 bridgehead atoms. The summed E-state index contributed by atoms with van der Waals surface area (Å²) in [6, 6.07) is 11.9. The van der Waals surface area contributed by atoms with Crippen LogP contribution in [0.1, 0.15) is 23.1 Å². The molecule has 2 rings (SSSR count). The molecular weight excluding hydrogens is 262 g/mol. The molecule has 3 heteroatoms. The largest absolute Gasteiger partial charge is 0.493 e. The van der Waals surface area contributed by atoms with Crippen LogP contribution >= 0.6 is 0 Å². The van der Waals surface area contributed by atoms with Gasteiger partial charge in [-0.2, -0.15) is 0 Å². The van der Waals surface area contributed by atoms with Crippen molar-refractivity contribution in [1.29, 1.82) is 0 Å². The summed E-state index contributed by atoms with van der Waals surface area (Å²) in [4.78, 5) is 0. The number of aryl methyl sites for hydroxylation is 3. The van der Waals surface area contributed by atoms with Crippen molar-refractivity contribution in [2.24, 2.45) is 0 Å². The van der Waals surface area contributed by atoms with E-state index in [1.807, 2.05) is 25.1 Å². The average Bonchev–Trinajstić information content (AvgIpc) is 2.39. The van der Waals surface area contributed by atoms with Gasteiger partial charge in [0.05, 0.1) is 13.2 Å². The molecule has 0 aromatic heterocycles. The Bertz CT molecular complexity index is 588. The van der Waals surface area contributed by atoms with Gasteiger partial charge >= 0.3 is 0 Å². The van der Waals surface area contributed by atoms with Gasteiger partial charge in [0.25, 0.3) is 0 Å². The number of ether oxygens (including phenoxy) is 2. The van der Waals surface area contributed by atoms with Gasteiger partial charge in [-0.3, -0.25) is 0 Å². The second-order valence-corrected chi connectivity index (χ2v) is 5.40. The molecule has 0 heterocycles. The first-order valence-corrected chi connectivity index (χ1v) is 7.24. The lowest BCUT2D eigenvalue weighted by molar-refractivity contribution is 0.246. The molecule has 0 saturated carbocycles. The van der Waals surface area contributed by atoms with Gasteiger partial charge in [0, 0.05) is 12.1 Å². The van der Waals surface area contributed by atoms with Gasteiger partial charge in [0.1, 0.15) is 11.5 Å². The summed E-state index contributed by atoms with van der Waals surface area (Å²) in [5.74, 6) is 1.81. The van der Waals surface area contributed by atoms with Gasteiger partial charge in [-0.1, -0.05) is 6.07 Å². The number of anilines is 1. The predicted octanol–water partition coefficient (Wildman–Crippen LogP) is 4.04. The Morgan fingerprint density at radius 3 is 2.19 bits per heavy atom. The van der Waals surface area contributed by atoms with E-state index in [9.17, 15) is 0 Å². The fourth-order valence-corrected chi connectivity index (χ4v) is 2.28. The first-order valence-electron chi connectivity index (χ1n) is 7.24. The summed E-state index contributed by atoms with van der Waals surface area (Å²) in [7, 11) is 0. The van der Waals surface area contributed by atoms with Gasteiger partial charge in [0.15, 0.2) is 0 Å². The zero-order valence-electron chi connectivity index (χ0n) is 13.0. The molecule has 0 unspecified atom stereocenters. The van der Waals surface area contributed by atoms with Crippen molar-refractivity contribution < 1.29 is 9.47 Å². The van der Waals surface area contributed by atoms with E-state index in [0.717, 1.165) is 29.2 Å². The van der Waals surface area contributed by atoms with Crippen LogP contribution in [0.2, 0.25) is 0 Å². The Morgan fingerprint density at radius 2 is 1.52 bits per heavy atom. The summed E-state index contributed by atoms with van der Waals surface area (Å²) >= 11 is 0. The maximum absolute atomic E-state index is 5.75. The smallest absolute Gasteiger partial charge is 0.122 e. The molecule has 0 fully saturated rings. The highest BCUT2D eigenvalue weighted by molar-refractivity contribution is 5.47. The summed E-state index contributed by atoms with van der Waals surface area (Å²) in [5.41, 5.74) is 9.98. The average molecular weight is 285 g/mol. The molecular formula is C18H23NO2.